The fourth-order valence-electron chi connectivity index (χ4n) is 2.17. The number of amides is 1. The molecule has 0 radical (unpaired) electrons. The molecule has 7 nitrogen and oxygen atoms in total. The number of carbonyl (C=O) groups is 2. The number of rotatable bonds is 5. The third-order valence-corrected chi connectivity index (χ3v) is 3.31. The molecule has 1 heterocycles. The van der Waals surface area contributed by atoms with Gasteiger partial charge in [0.15, 0.2) is 0 Å². The molecule has 0 unspecified atom stereocenters. The van der Waals surface area contributed by atoms with Crippen LogP contribution >= 0.6 is 0 Å². The van der Waals surface area contributed by atoms with Crippen LogP contribution in [0.25, 0.3) is 11.5 Å². The van der Waals surface area contributed by atoms with Gasteiger partial charge >= 0.3 is 17.8 Å². The lowest BCUT2D eigenvalue weighted by atomic mass is 10.2. The quantitative estimate of drug-likeness (QED) is 0.719. The molecule has 25 heavy (non-hydrogen) atoms. The van der Waals surface area contributed by atoms with Crippen molar-refractivity contribution in [2.24, 2.45) is 0 Å². The monoisotopic (exact) mass is 337 g/mol. The Morgan fingerprint density at radius 3 is 2.52 bits per heavy atom. The van der Waals surface area contributed by atoms with Crippen molar-refractivity contribution in [3.05, 3.63) is 66.1 Å². The highest BCUT2D eigenvalue weighted by Crippen LogP contribution is 2.20. The van der Waals surface area contributed by atoms with Crippen LogP contribution in [0.1, 0.15) is 28.0 Å². The van der Waals surface area contributed by atoms with Crippen LogP contribution in [0.4, 0.5) is 5.69 Å². The molecule has 7 heteroatoms. The summed E-state index contributed by atoms with van der Waals surface area (Å²) < 4.78 is 10.4. The van der Waals surface area contributed by atoms with E-state index in [1.165, 1.54) is 0 Å². The number of nitrogens with one attached hydrogen (secondary N) is 1. The van der Waals surface area contributed by atoms with Crippen LogP contribution in [-0.4, -0.2) is 28.7 Å². The number of hydrogen-bond donors (Lipinski definition) is 1. The first-order chi connectivity index (χ1) is 12.2. The van der Waals surface area contributed by atoms with Gasteiger partial charge in [0.1, 0.15) is 0 Å². The zero-order chi connectivity index (χ0) is 17.6. The molecule has 0 saturated carbocycles. The molecule has 1 N–H and O–H groups in total. The van der Waals surface area contributed by atoms with Crippen LogP contribution in [0.15, 0.2) is 59.0 Å². The van der Waals surface area contributed by atoms with Gasteiger partial charge in [-0.1, -0.05) is 30.3 Å². The highest BCUT2D eigenvalue weighted by molar-refractivity contribution is 6.05. The summed E-state index contributed by atoms with van der Waals surface area (Å²) in [7, 11) is 0. The number of hydrogen-bond acceptors (Lipinski definition) is 6. The Morgan fingerprint density at radius 2 is 1.76 bits per heavy atom. The first kappa shape index (κ1) is 16.4. The van der Waals surface area contributed by atoms with Gasteiger partial charge in [-0.3, -0.25) is 4.79 Å². The minimum absolute atomic E-state index is 0.197. The Bertz CT molecular complexity index is 890. The van der Waals surface area contributed by atoms with E-state index in [4.69, 9.17) is 9.15 Å². The lowest BCUT2D eigenvalue weighted by Gasteiger charge is -2.08. The molecule has 3 rings (SSSR count). The topological polar surface area (TPSA) is 94.3 Å². The SMILES string of the molecule is CCOC(=O)c1ccccc1NC(=O)c1nnc(-c2ccccc2)o1. The summed E-state index contributed by atoms with van der Waals surface area (Å²) in [5.74, 6) is -1.08. The van der Waals surface area contributed by atoms with Gasteiger partial charge in [0, 0.05) is 5.56 Å². The Hall–Kier alpha value is -3.48. The van der Waals surface area contributed by atoms with E-state index in [1.54, 1.807) is 43.3 Å². The van der Waals surface area contributed by atoms with Crippen molar-refractivity contribution in [2.75, 3.05) is 11.9 Å². The molecule has 0 aliphatic carbocycles. The van der Waals surface area contributed by atoms with E-state index in [0.717, 1.165) is 0 Å². The van der Waals surface area contributed by atoms with Crippen LogP contribution in [0.3, 0.4) is 0 Å². The highest BCUT2D eigenvalue weighted by Gasteiger charge is 2.19. The van der Waals surface area contributed by atoms with Gasteiger partial charge in [0.25, 0.3) is 0 Å². The Balaban J connectivity index is 1.80. The summed E-state index contributed by atoms with van der Waals surface area (Å²) in [5.41, 5.74) is 1.27. The van der Waals surface area contributed by atoms with Crippen molar-refractivity contribution in [1.82, 2.24) is 10.2 Å². The zero-order valence-electron chi connectivity index (χ0n) is 13.4. The maximum Gasteiger partial charge on any atom is 0.340 e. The average molecular weight is 337 g/mol. The largest absolute Gasteiger partial charge is 0.462 e. The van der Waals surface area contributed by atoms with E-state index >= 15 is 0 Å². The normalized spacial score (nSPS) is 10.3. The number of nitrogens with zero attached hydrogens (tertiary/aromatic N) is 2. The Labute approximate surface area is 143 Å². The molecule has 0 saturated heterocycles. The van der Waals surface area contributed by atoms with E-state index in [-0.39, 0.29) is 24.0 Å². The molecule has 0 aliphatic rings. The second kappa shape index (κ2) is 7.39. The molecule has 0 bridgehead atoms. The van der Waals surface area contributed by atoms with Crippen LogP contribution in [0.5, 0.6) is 0 Å². The van der Waals surface area contributed by atoms with Crippen molar-refractivity contribution >= 4 is 17.6 Å². The maximum absolute atomic E-state index is 12.3. The fourth-order valence-corrected chi connectivity index (χ4v) is 2.17. The van der Waals surface area contributed by atoms with Gasteiger partial charge in [0.2, 0.25) is 5.89 Å². The standard InChI is InChI=1S/C18H15N3O4/c1-2-24-18(23)13-10-6-7-11-14(13)19-15(22)17-21-20-16(25-17)12-8-4-3-5-9-12/h3-11H,2H2,1H3,(H,19,22). The molecule has 2 aromatic carbocycles. The van der Waals surface area contributed by atoms with Crippen molar-refractivity contribution in [2.45, 2.75) is 6.92 Å². The van der Waals surface area contributed by atoms with Crippen LogP contribution in [0, 0.1) is 0 Å². The molecule has 1 aromatic heterocycles. The third-order valence-electron chi connectivity index (χ3n) is 3.31. The molecule has 3 aromatic rings. The zero-order valence-corrected chi connectivity index (χ0v) is 13.4. The summed E-state index contributed by atoms with van der Waals surface area (Å²) in [6.07, 6.45) is 0. The third kappa shape index (κ3) is 3.72. The van der Waals surface area contributed by atoms with Crippen LogP contribution in [-0.2, 0) is 4.74 Å². The summed E-state index contributed by atoms with van der Waals surface area (Å²) in [6, 6.07) is 15.7. The summed E-state index contributed by atoms with van der Waals surface area (Å²) >= 11 is 0. The summed E-state index contributed by atoms with van der Waals surface area (Å²) in [6.45, 7) is 1.95. The number of aromatic nitrogens is 2. The molecule has 126 valence electrons. The lowest BCUT2D eigenvalue weighted by molar-refractivity contribution is 0.0527. The van der Waals surface area contributed by atoms with Crippen molar-refractivity contribution in [3.8, 4) is 11.5 Å². The number of anilines is 1. The number of carbonyl (C=O) groups excluding carboxylic acids is 2. The number of esters is 1. The van der Waals surface area contributed by atoms with Crippen molar-refractivity contribution < 1.29 is 18.7 Å². The van der Waals surface area contributed by atoms with E-state index < -0.39 is 11.9 Å². The molecule has 0 aliphatic heterocycles. The van der Waals surface area contributed by atoms with Crippen molar-refractivity contribution in [1.29, 1.82) is 0 Å². The van der Waals surface area contributed by atoms with Crippen LogP contribution < -0.4 is 5.32 Å². The predicted octanol–water partition coefficient (Wildman–Crippen LogP) is 3.17. The molecule has 1 amide bonds. The van der Waals surface area contributed by atoms with Gasteiger partial charge < -0.3 is 14.5 Å². The first-order valence-electron chi connectivity index (χ1n) is 7.65. The lowest BCUT2D eigenvalue weighted by Crippen LogP contribution is -2.16. The Kier molecular flexibility index (Phi) is 4.84. The average Bonchev–Trinajstić information content (AvgIpc) is 3.13. The molecule has 0 fully saturated rings. The Morgan fingerprint density at radius 1 is 1.04 bits per heavy atom. The van der Waals surface area contributed by atoms with Gasteiger partial charge in [-0.25, -0.2) is 4.79 Å². The molecule has 0 atom stereocenters. The molecular weight excluding hydrogens is 322 g/mol. The maximum atomic E-state index is 12.3. The second-order valence-electron chi connectivity index (χ2n) is 5.00. The fraction of sp³-hybridized carbons (Fsp3) is 0.111. The minimum Gasteiger partial charge on any atom is -0.462 e. The van der Waals surface area contributed by atoms with E-state index in [2.05, 4.69) is 15.5 Å². The van der Waals surface area contributed by atoms with E-state index in [9.17, 15) is 9.59 Å². The second-order valence-corrected chi connectivity index (χ2v) is 5.00. The smallest absolute Gasteiger partial charge is 0.340 e. The number of para-hydroxylation sites is 1. The molecular formula is C18H15N3O4. The van der Waals surface area contributed by atoms with E-state index in [0.29, 0.717) is 11.3 Å². The van der Waals surface area contributed by atoms with Crippen LogP contribution in [0.2, 0.25) is 0 Å². The van der Waals surface area contributed by atoms with Gasteiger partial charge in [0.05, 0.1) is 17.9 Å². The minimum atomic E-state index is -0.605. The van der Waals surface area contributed by atoms with Gasteiger partial charge in [-0.05, 0) is 31.2 Å². The first-order valence-corrected chi connectivity index (χ1v) is 7.65. The van der Waals surface area contributed by atoms with E-state index in [1.807, 2.05) is 18.2 Å². The van der Waals surface area contributed by atoms with Gasteiger partial charge in [-0.15, -0.1) is 10.2 Å². The summed E-state index contributed by atoms with van der Waals surface area (Å²) in [5, 5.41) is 10.2. The van der Waals surface area contributed by atoms with Gasteiger partial charge in [-0.2, -0.15) is 0 Å². The number of benzene rings is 2. The number of ether oxygens (including phenoxy) is 1. The highest BCUT2D eigenvalue weighted by atomic mass is 16.5. The van der Waals surface area contributed by atoms with Crippen molar-refractivity contribution in [3.63, 3.8) is 0 Å². The predicted molar refractivity (Wildman–Crippen MR) is 90.1 cm³/mol. The molecule has 0 spiro atoms. The summed E-state index contributed by atoms with van der Waals surface area (Å²) in [4.78, 5) is 24.3.